The Morgan fingerprint density at radius 1 is 1.30 bits per heavy atom. The van der Waals surface area contributed by atoms with E-state index in [9.17, 15) is 13.2 Å². The van der Waals surface area contributed by atoms with Gasteiger partial charge in [-0.3, -0.25) is 0 Å². The van der Waals surface area contributed by atoms with E-state index in [4.69, 9.17) is 0 Å². The molecule has 0 aliphatic rings. The molecule has 4 heteroatoms. The number of rotatable bonds is 4. The molecule has 0 radical (unpaired) electrons. The van der Waals surface area contributed by atoms with E-state index in [0.29, 0.717) is 0 Å². The molecule has 0 aliphatic carbocycles. The molecular formula is C6H12AsF3. The molecule has 0 aliphatic heterocycles. The minimum absolute atomic E-state index is 0.493. The van der Waals surface area contributed by atoms with Crippen LogP contribution in [0.1, 0.15) is 19.8 Å². The van der Waals surface area contributed by atoms with E-state index < -0.39 is 27.1 Å². The van der Waals surface area contributed by atoms with Gasteiger partial charge in [0.25, 0.3) is 0 Å². The standard InChI is InChI=1S/C6H12AsF3/c1-2-3-4-7-5-6(8,9)10/h7H,2-5H2,1H3. The molecule has 0 nitrogen and oxygen atoms in total. The number of hydrogen-bond acceptors (Lipinski definition) is 0. The third-order valence-corrected chi connectivity index (χ3v) is 3.88. The van der Waals surface area contributed by atoms with E-state index >= 15 is 0 Å². The summed E-state index contributed by atoms with van der Waals surface area (Å²) in [5, 5.41) is 0.336. The van der Waals surface area contributed by atoms with Crippen molar-refractivity contribution in [1.29, 1.82) is 0 Å². The zero-order valence-corrected chi connectivity index (χ0v) is 8.06. The van der Waals surface area contributed by atoms with Gasteiger partial charge in [0.05, 0.1) is 0 Å². The third kappa shape index (κ3) is 8.35. The molecule has 0 rings (SSSR count). The Bertz CT molecular complexity index is 79.6. The van der Waals surface area contributed by atoms with Gasteiger partial charge in [-0.25, -0.2) is 0 Å². The van der Waals surface area contributed by atoms with Crippen LogP contribution in [0, 0.1) is 0 Å². The van der Waals surface area contributed by atoms with Crippen molar-refractivity contribution in [2.75, 3.05) is 0 Å². The van der Waals surface area contributed by atoms with Gasteiger partial charge in [0.1, 0.15) is 0 Å². The molecule has 0 aromatic heterocycles. The maximum atomic E-state index is 11.5. The summed E-state index contributed by atoms with van der Waals surface area (Å²) in [5.74, 6) is 0. The molecule has 10 heavy (non-hydrogen) atoms. The summed E-state index contributed by atoms with van der Waals surface area (Å²) in [5.41, 5.74) is 0. The van der Waals surface area contributed by atoms with Crippen LogP contribution in [-0.4, -0.2) is 21.9 Å². The third-order valence-electron chi connectivity index (χ3n) is 1.03. The Morgan fingerprint density at radius 2 is 1.90 bits per heavy atom. The molecule has 62 valence electrons. The zero-order chi connectivity index (χ0) is 8.04. The second-order valence-electron chi connectivity index (χ2n) is 2.15. The van der Waals surface area contributed by atoms with Crippen molar-refractivity contribution >= 4 is 15.8 Å². The molecular weight excluding hydrogens is 204 g/mol. The first-order chi connectivity index (χ1) is 4.56. The molecule has 0 spiro atoms. The van der Waals surface area contributed by atoms with Crippen molar-refractivity contribution in [3.63, 3.8) is 0 Å². The molecule has 0 saturated carbocycles. The summed E-state index contributed by atoms with van der Waals surface area (Å²) in [4.78, 5) is 0. The molecule has 1 unspecified atom stereocenters. The Balaban J connectivity index is 3.04. The summed E-state index contributed by atoms with van der Waals surface area (Å²) < 4.78 is 34.5. The fourth-order valence-corrected chi connectivity index (χ4v) is 2.76. The molecule has 1 atom stereocenters. The fourth-order valence-electron chi connectivity index (χ4n) is 0.532. The molecule has 0 aromatic rings. The predicted octanol–water partition coefficient (Wildman–Crippen LogP) is 2.62. The molecule has 0 heterocycles. The molecule has 0 aromatic carbocycles. The van der Waals surface area contributed by atoms with Crippen molar-refractivity contribution in [3.05, 3.63) is 0 Å². The van der Waals surface area contributed by atoms with Crippen molar-refractivity contribution in [2.24, 2.45) is 0 Å². The molecule has 0 N–H and O–H groups in total. The van der Waals surface area contributed by atoms with Crippen LogP contribution >= 0.6 is 0 Å². The predicted molar refractivity (Wildman–Crippen MR) is 37.7 cm³/mol. The van der Waals surface area contributed by atoms with Crippen molar-refractivity contribution in [1.82, 2.24) is 0 Å². The minimum atomic E-state index is -3.90. The van der Waals surface area contributed by atoms with E-state index in [-0.39, 0.29) is 0 Å². The summed E-state index contributed by atoms with van der Waals surface area (Å²) in [6, 6.07) is 0. The monoisotopic (exact) mass is 216 g/mol. The Labute approximate surface area is 65.9 Å². The van der Waals surface area contributed by atoms with Gasteiger partial charge in [0.15, 0.2) is 0 Å². The number of hydrogen-bond donors (Lipinski definition) is 0. The van der Waals surface area contributed by atoms with Crippen molar-refractivity contribution in [2.45, 2.75) is 36.4 Å². The SMILES string of the molecule is CCCC[AsH]CC(F)(F)F. The summed E-state index contributed by atoms with van der Waals surface area (Å²) in [7, 11) is 0. The molecule has 0 bridgehead atoms. The van der Waals surface area contributed by atoms with Crippen LogP contribution in [0.5, 0.6) is 0 Å². The van der Waals surface area contributed by atoms with E-state index in [0.717, 1.165) is 18.1 Å². The fraction of sp³-hybridized carbons (Fsp3) is 1.00. The average Bonchev–Trinajstić information content (AvgIpc) is 1.78. The van der Waals surface area contributed by atoms with Crippen LogP contribution in [0.3, 0.4) is 0 Å². The quantitative estimate of drug-likeness (QED) is 0.500. The van der Waals surface area contributed by atoms with Crippen LogP contribution in [0.15, 0.2) is 0 Å². The van der Waals surface area contributed by atoms with E-state index in [1.54, 1.807) is 0 Å². The van der Waals surface area contributed by atoms with Gasteiger partial charge in [0.2, 0.25) is 0 Å². The van der Waals surface area contributed by atoms with E-state index in [1.165, 1.54) is 0 Å². The summed E-state index contributed by atoms with van der Waals surface area (Å²) in [6.07, 6.45) is -1.91. The summed E-state index contributed by atoms with van der Waals surface area (Å²) in [6.45, 7) is 2.00. The van der Waals surface area contributed by atoms with Crippen LogP contribution in [0.25, 0.3) is 0 Å². The van der Waals surface area contributed by atoms with Gasteiger partial charge in [-0.2, -0.15) is 0 Å². The van der Waals surface area contributed by atoms with Crippen LogP contribution in [0.2, 0.25) is 10.4 Å². The zero-order valence-electron chi connectivity index (χ0n) is 5.96. The Kier molecular flexibility index (Phi) is 5.24. The second-order valence-corrected chi connectivity index (χ2v) is 4.99. The molecule has 0 saturated heterocycles. The molecule has 0 fully saturated rings. The molecule has 0 amide bonds. The van der Waals surface area contributed by atoms with Gasteiger partial charge in [-0.1, -0.05) is 0 Å². The van der Waals surface area contributed by atoms with Gasteiger partial charge >= 0.3 is 65.3 Å². The maximum absolute atomic E-state index is 11.5. The Morgan fingerprint density at radius 3 is 2.30 bits per heavy atom. The van der Waals surface area contributed by atoms with Gasteiger partial charge in [-0.15, -0.1) is 0 Å². The van der Waals surface area contributed by atoms with Crippen molar-refractivity contribution < 1.29 is 13.2 Å². The number of halogens is 3. The van der Waals surface area contributed by atoms with E-state index in [1.807, 2.05) is 6.92 Å². The van der Waals surface area contributed by atoms with Gasteiger partial charge in [0, 0.05) is 0 Å². The van der Waals surface area contributed by atoms with Crippen LogP contribution in [0.4, 0.5) is 13.2 Å². The first-order valence-corrected chi connectivity index (χ1v) is 6.30. The first-order valence-electron chi connectivity index (χ1n) is 3.33. The van der Waals surface area contributed by atoms with Crippen molar-refractivity contribution in [3.8, 4) is 0 Å². The Hall–Kier alpha value is 0.348. The second kappa shape index (κ2) is 5.06. The van der Waals surface area contributed by atoms with Crippen LogP contribution < -0.4 is 0 Å². The topological polar surface area (TPSA) is 0 Å². The number of alkyl halides is 3. The van der Waals surface area contributed by atoms with Gasteiger partial charge in [-0.05, 0) is 0 Å². The average molecular weight is 216 g/mol. The first kappa shape index (κ1) is 10.3. The normalized spacial score (nSPS) is 13.2. The van der Waals surface area contributed by atoms with Gasteiger partial charge < -0.3 is 0 Å². The summed E-state index contributed by atoms with van der Waals surface area (Å²) >= 11 is -0.717. The number of unbranched alkanes of at least 4 members (excludes halogenated alkanes) is 1. The van der Waals surface area contributed by atoms with E-state index in [2.05, 4.69) is 0 Å². The van der Waals surface area contributed by atoms with Crippen LogP contribution in [-0.2, 0) is 0 Å².